The predicted octanol–water partition coefficient (Wildman–Crippen LogP) is 3.22. The molecule has 2 aromatic rings. The first-order chi connectivity index (χ1) is 13.1. The van der Waals surface area contributed by atoms with Crippen molar-refractivity contribution in [2.24, 2.45) is 0 Å². The molecule has 0 saturated heterocycles. The molecule has 0 heterocycles. The number of hydrogen-bond donors (Lipinski definition) is 1. The molecule has 2 rings (SSSR count). The summed E-state index contributed by atoms with van der Waals surface area (Å²) in [7, 11) is 1.14. The maximum atomic E-state index is 12.4. The van der Waals surface area contributed by atoms with Crippen molar-refractivity contribution < 1.29 is 13.2 Å². The highest BCUT2D eigenvalue weighted by atomic mass is 35.5. The number of amides is 1. The fourth-order valence-electron chi connectivity index (χ4n) is 2.65. The van der Waals surface area contributed by atoms with Crippen LogP contribution in [0.1, 0.15) is 18.1 Å². The molecule has 0 spiro atoms. The van der Waals surface area contributed by atoms with Crippen LogP contribution in [-0.4, -0.2) is 51.2 Å². The number of nitrogens with one attached hydrogen (secondary N) is 1. The Bertz CT molecular complexity index is 928. The summed E-state index contributed by atoms with van der Waals surface area (Å²) in [5, 5.41) is 2.98. The number of likely N-dealkylation sites (N-methyl/N-ethyl adjacent to an activating group) is 1. The Kier molecular flexibility index (Phi) is 7.60. The van der Waals surface area contributed by atoms with Crippen LogP contribution in [0.25, 0.3) is 0 Å². The van der Waals surface area contributed by atoms with Gasteiger partial charge in [-0.1, -0.05) is 42.8 Å². The van der Waals surface area contributed by atoms with Crippen LogP contribution in [0.5, 0.6) is 0 Å². The fourth-order valence-corrected chi connectivity index (χ4v) is 3.75. The number of aryl methyl sites for hydroxylation is 1. The van der Waals surface area contributed by atoms with Gasteiger partial charge < -0.3 is 5.32 Å². The Morgan fingerprint density at radius 3 is 2.21 bits per heavy atom. The summed E-state index contributed by atoms with van der Waals surface area (Å²) in [4.78, 5) is 14.3. The first kappa shape index (κ1) is 22.4. The van der Waals surface area contributed by atoms with Crippen LogP contribution in [0, 0.1) is 0 Å². The maximum absolute atomic E-state index is 12.4. The molecule has 0 bridgehead atoms. The third-order valence-corrected chi connectivity index (χ3v) is 6.43. The first-order valence-corrected chi connectivity index (χ1v) is 10.7. The Morgan fingerprint density at radius 1 is 1.04 bits per heavy atom. The van der Waals surface area contributed by atoms with E-state index in [-0.39, 0.29) is 28.1 Å². The molecule has 152 valence electrons. The Hall–Kier alpha value is -1.93. The van der Waals surface area contributed by atoms with Gasteiger partial charge in [0.25, 0.3) is 0 Å². The van der Waals surface area contributed by atoms with Gasteiger partial charge in [-0.25, -0.2) is 12.7 Å². The molecule has 0 saturated carbocycles. The summed E-state index contributed by atoms with van der Waals surface area (Å²) in [5.41, 5.74) is 2.66. The molecule has 0 aliphatic heterocycles. The van der Waals surface area contributed by atoms with Crippen LogP contribution in [0.3, 0.4) is 0 Å². The van der Waals surface area contributed by atoms with Crippen LogP contribution < -0.4 is 5.32 Å². The maximum Gasteiger partial charge on any atom is 0.242 e. The van der Waals surface area contributed by atoms with E-state index in [1.165, 1.54) is 37.9 Å². The highest BCUT2D eigenvalue weighted by Crippen LogP contribution is 2.26. The molecule has 28 heavy (non-hydrogen) atoms. The lowest BCUT2D eigenvalue weighted by Gasteiger charge is -2.18. The van der Waals surface area contributed by atoms with Crippen molar-refractivity contribution in [1.82, 2.24) is 9.21 Å². The van der Waals surface area contributed by atoms with Gasteiger partial charge in [0.15, 0.2) is 0 Å². The number of carbonyl (C=O) groups is 1. The number of nitrogens with zero attached hydrogens (tertiary/aromatic N) is 2. The molecule has 0 aliphatic carbocycles. The van der Waals surface area contributed by atoms with E-state index in [2.05, 4.69) is 36.5 Å². The minimum absolute atomic E-state index is 0.0709. The SMILES string of the molecule is CCc1ccc(CN(C)CC(=O)Nc2cc(S(=O)(=O)N(C)C)ccc2Cl)cc1. The molecule has 8 heteroatoms. The zero-order valence-electron chi connectivity index (χ0n) is 16.6. The van der Waals surface area contributed by atoms with Crippen molar-refractivity contribution in [3.8, 4) is 0 Å². The lowest BCUT2D eigenvalue weighted by atomic mass is 10.1. The number of benzene rings is 2. The topological polar surface area (TPSA) is 69.7 Å². The summed E-state index contributed by atoms with van der Waals surface area (Å²) in [6.45, 7) is 2.88. The molecular weight excluding hydrogens is 398 g/mol. The van der Waals surface area contributed by atoms with Gasteiger partial charge in [-0.05, 0) is 42.8 Å². The van der Waals surface area contributed by atoms with Crippen LogP contribution in [0.4, 0.5) is 5.69 Å². The second kappa shape index (κ2) is 9.52. The van der Waals surface area contributed by atoms with E-state index < -0.39 is 10.0 Å². The van der Waals surface area contributed by atoms with Gasteiger partial charge in [-0.15, -0.1) is 0 Å². The molecule has 0 aromatic heterocycles. The summed E-state index contributed by atoms with van der Waals surface area (Å²) in [5.74, 6) is -0.269. The van der Waals surface area contributed by atoms with Crippen LogP contribution in [-0.2, 0) is 27.8 Å². The standard InChI is InChI=1S/C20H26ClN3O3S/c1-5-15-6-8-16(9-7-15)13-24(4)14-20(25)22-19-12-17(10-11-18(19)21)28(26,27)23(2)3/h6-12H,5,13-14H2,1-4H3,(H,22,25). The third-order valence-electron chi connectivity index (χ3n) is 4.29. The van der Waals surface area contributed by atoms with Gasteiger partial charge >= 0.3 is 0 Å². The third kappa shape index (κ3) is 5.78. The molecular formula is C20H26ClN3O3S. The quantitative estimate of drug-likeness (QED) is 0.707. The molecule has 0 aliphatic rings. The minimum Gasteiger partial charge on any atom is -0.324 e. The van der Waals surface area contributed by atoms with Gasteiger partial charge in [-0.2, -0.15) is 0 Å². The van der Waals surface area contributed by atoms with Gasteiger partial charge in [0.1, 0.15) is 0 Å². The molecule has 1 N–H and O–H groups in total. The number of carbonyl (C=O) groups excluding carboxylic acids is 1. The van der Waals surface area contributed by atoms with Gasteiger partial charge in [0.2, 0.25) is 15.9 Å². The molecule has 0 unspecified atom stereocenters. The van der Waals surface area contributed by atoms with Crippen molar-refractivity contribution in [3.63, 3.8) is 0 Å². The Morgan fingerprint density at radius 2 is 1.64 bits per heavy atom. The molecule has 2 aromatic carbocycles. The second-order valence-electron chi connectivity index (χ2n) is 6.82. The number of rotatable bonds is 8. The van der Waals surface area contributed by atoms with Crippen molar-refractivity contribution in [1.29, 1.82) is 0 Å². The lowest BCUT2D eigenvalue weighted by molar-refractivity contribution is -0.117. The highest BCUT2D eigenvalue weighted by molar-refractivity contribution is 7.89. The van der Waals surface area contributed by atoms with Crippen LogP contribution >= 0.6 is 11.6 Å². The zero-order chi connectivity index (χ0) is 20.9. The van der Waals surface area contributed by atoms with Gasteiger partial charge in [0, 0.05) is 20.6 Å². The molecule has 0 fully saturated rings. The van der Waals surface area contributed by atoms with E-state index in [4.69, 9.17) is 11.6 Å². The van der Waals surface area contributed by atoms with E-state index in [1.54, 1.807) is 0 Å². The molecule has 0 atom stereocenters. The van der Waals surface area contributed by atoms with Crippen molar-refractivity contribution in [2.75, 3.05) is 33.0 Å². The summed E-state index contributed by atoms with van der Waals surface area (Å²) < 4.78 is 25.7. The molecule has 0 radical (unpaired) electrons. The van der Waals surface area contributed by atoms with Crippen LogP contribution in [0.2, 0.25) is 5.02 Å². The average Bonchev–Trinajstić information content (AvgIpc) is 2.63. The summed E-state index contributed by atoms with van der Waals surface area (Å²) >= 11 is 6.13. The van der Waals surface area contributed by atoms with Crippen molar-refractivity contribution >= 4 is 33.2 Å². The first-order valence-electron chi connectivity index (χ1n) is 8.91. The second-order valence-corrected chi connectivity index (χ2v) is 9.38. The lowest BCUT2D eigenvalue weighted by Crippen LogP contribution is -2.30. The van der Waals surface area contributed by atoms with E-state index >= 15 is 0 Å². The normalized spacial score (nSPS) is 11.8. The van der Waals surface area contributed by atoms with Crippen LogP contribution in [0.15, 0.2) is 47.4 Å². The fraction of sp³-hybridized carbons (Fsp3) is 0.350. The van der Waals surface area contributed by atoms with Crippen molar-refractivity contribution in [3.05, 3.63) is 58.6 Å². The predicted molar refractivity (Wildman–Crippen MR) is 113 cm³/mol. The number of sulfonamides is 1. The number of anilines is 1. The van der Waals surface area contributed by atoms with Gasteiger partial charge in [-0.3, -0.25) is 9.69 Å². The number of halogens is 1. The van der Waals surface area contributed by atoms with Gasteiger partial charge in [0.05, 0.1) is 22.2 Å². The smallest absolute Gasteiger partial charge is 0.242 e. The average molecular weight is 424 g/mol. The van der Waals surface area contributed by atoms with Crippen molar-refractivity contribution in [2.45, 2.75) is 24.8 Å². The molecule has 1 amide bonds. The minimum atomic E-state index is -3.61. The zero-order valence-corrected chi connectivity index (χ0v) is 18.1. The largest absolute Gasteiger partial charge is 0.324 e. The van der Waals surface area contributed by atoms with E-state index in [0.717, 1.165) is 16.3 Å². The Labute approximate surface area is 172 Å². The van der Waals surface area contributed by atoms with E-state index in [0.29, 0.717) is 6.54 Å². The van der Waals surface area contributed by atoms with E-state index in [1.807, 2.05) is 11.9 Å². The molecule has 6 nitrogen and oxygen atoms in total. The number of hydrogen-bond acceptors (Lipinski definition) is 4. The summed E-state index contributed by atoms with van der Waals surface area (Å²) in [6, 6.07) is 12.5. The van der Waals surface area contributed by atoms with E-state index in [9.17, 15) is 13.2 Å². The highest BCUT2D eigenvalue weighted by Gasteiger charge is 2.19. The monoisotopic (exact) mass is 423 g/mol. The summed E-state index contributed by atoms with van der Waals surface area (Å²) in [6.07, 6.45) is 0.988. The Balaban J connectivity index is 2.03.